The van der Waals surface area contributed by atoms with Gasteiger partial charge in [0.2, 0.25) is 5.91 Å². The predicted molar refractivity (Wildman–Crippen MR) is 161 cm³/mol. The summed E-state index contributed by atoms with van der Waals surface area (Å²) in [5.41, 5.74) is 4.43. The van der Waals surface area contributed by atoms with Gasteiger partial charge < -0.3 is 25.2 Å². The standard InChI is InChI=1S/C33H44N4O4/c1-20-29(35-26-12-9-24(10-13-26)31(39)34-6)27-19-25(11-14-28(27)37(21(2)38)30(20)23-7-8-23)22-15-17-36(18-16-22)32(40)41-33(3,4)5/h9-14,19-20,22-23,29-30,35H,7-8,15-18H2,1-6H3,(H,34,39)/t20-,29?,30-/m1/s1. The summed E-state index contributed by atoms with van der Waals surface area (Å²) in [5.74, 6) is 1.01. The Bertz CT molecular complexity index is 1290. The largest absolute Gasteiger partial charge is 0.444 e. The first-order chi connectivity index (χ1) is 19.5. The summed E-state index contributed by atoms with van der Waals surface area (Å²) in [6.07, 6.45) is 3.79. The number of nitrogens with one attached hydrogen (secondary N) is 2. The van der Waals surface area contributed by atoms with Crippen molar-refractivity contribution in [1.82, 2.24) is 10.2 Å². The summed E-state index contributed by atoms with van der Waals surface area (Å²) in [6.45, 7) is 10.9. The Kier molecular flexibility index (Phi) is 8.04. The molecule has 0 aromatic heterocycles. The number of rotatable bonds is 5. The van der Waals surface area contributed by atoms with Gasteiger partial charge in [0.15, 0.2) is 0 Å². The number of nitrogens with zero attached hydrogens (tertiary/aromatic N) is 2. The number of likely N-dealkylation sites (tertiary alicyclic amines) is 1. The zero-order valence-electron chi connectivity index (χ0n) is 25.2. The maximum atomic E-state index is 13.0. The third-order valence-electron chi connectivity index (χ3n) is 8.77. The molecule has 2 aliphatic heterocycles. The van der Waals surface area contributed by atoms with Crippen LogP contribution in [0.3, 0.4) is 0 Å². The van der Waals surface area contributed by atoms with E-state index in [9.17, 15) is 14.4 Å². The molecule has 1 saturated carbocycles. The monoisotopic (exact) mass is 560 g/mol. The van der Waals surface area contributed by atoms with E-state index in [1.807, 2.05) is 54.8 Å². The summed E-state index contributed by atoms with van der Waals surface area (Å²) in [7, 11) is 1.63. The minimum atomic E-state index is -0.505. The SMILES string of the molecule is CNC(=O)c1ccc(NC2c3cc(C4CCN(C(=O)OC(C)(C)C)CC4)ccc3N(C(C)=O)[C@@H](C3CC3)[C@@H]2C)cc1. The number of amides is 3. The van der Waals surface area contributed by atoms with E-state index in [2.05, 4.69) is 35.8 Å². The van der Waals surface area contributed by atoms with Crippen LogP contribution in [0.5, 0.6) is 0 Å². The Labute approximate surface area is 243 Å². The van der Waals surface area contributed by atoms with Gasteiger partial charge in [0, 0.05) is 56.0 Å². The molecule has 2 heterocycles. The van der Waals surface area contributed by atoms with E-state index in [1.54, 1.807) is 14.0 Å². The summed E-state index contributed by atoms with van der Waals surface area (Å²) >= 11 is 0. The molecule has 3 aliphatic rings. The molecule has 2 fully saturated rings. The van der Waals surface area contributed by atoms with Gasteiger partial charge in [0.25, 0.3) is 5.91 Å². The number of carbonyl (C=O) groups excluding carboxylic acids is 3. The van der Waals surface area contributed by atoms with Gasteiger partial charge in [-0.1, -0.05) is 19.1 Å². The van der Waals surface area contributed by atoms with Crippen molar-refractivity contribution in [1.29, 1.82) is 0 Å². The van der Waals surface area contributed by atoms with Crippen molar-refractivity contribution < 1.29 is 19.1 Å². The average Bonchev–Trinajstić information content (AvgIpc) is 3.78. The Morgan fingerprint density at radius 2 is 1.61 bits per heavy atom. The fourth-order valence-electron chi connectivity index (χ4n) is 6.60. The number of fused-ring (bicyclic) bond motifs is 1. The van der Waals surface area contributed by atoms with Gasteiger partial charge in [0.05, 0.1) is 6.04 Å². The van der Waals surface area contributed by atoms with Crippen LogP contribution in [0, 0.1) is 11.8 Å². The smallest absolute Gasteiger partial charge is 0.410 e. The van der Waals surface area contributed by atoms with Gasteiger partial charge in [-0.25, -0.2) is 4.79 Å². The van der Waals surface area contributed by atoms with Crippen LogP contribution in [0.25, 0.3) is 0 Å². The molecular weight excluding hydrogens is 516 g/mol. The summed E-state index contributed by atoms with van der Waals surface area (Å²) in [5, 5.41) is 6.45. The molecule has 41 heavy (non-hydrogen) atoms. The molecule has 220 valence electrons. The van der Waals surface area contributed by atoms with Gasteiger partial charge in [0.1, 0.15) is 5.60 Å². The minimum Gasteiger partial charge on any atom is -0.444 e. The molecule has 5 rings (SSSR count). The highest BCUT2D eigenvalue weighted by Gasteiger charge is 2.47. The van der Waals surface area contributed by atoms with Gasteiger partial charge in [-0.3, -0.25) is 9.59 Å². The summed E-state index contributed by atoms with van der Waals surface area (Å²) in [4.78, 5) is 41.6. The minimum absolute atomic E-state index is 0.0128. The second-order valence-electron chi connectivity index (χ2n) is 12.9. The van der Waals surface area contributed by atoms with Crippen LogP contribution < -0.4 is 15.5 Å². The second kappa shape index (κ2) is 11.4. The Morgan fingerprint density at radius 1 is 0.951 bits per heavy atom. The van der Waals surface area contributed by atoms with Crippen LogP contribution in [0.1, 0.15) is 93.7 Å². The highest BCUT2D eigenvalue weighted by molar-refractivity contribution is 5.95. The van der Waals surface area contributed by atoms with Crippen LogP contribution >= 0.6 is 0 Å². The molecule has 3 amide bonds. The fraction of sp³-hybridized carbons (Fsp3) is 0.545. The van der Waals surface area contributed by atoms with Crippen LogP contribution in [0.4, 0.5) is 16.2 Å². The van der Waals surface area contributed by atoms with Crippen molar-refractivity contribution in [3.63, 3.8) is 0 Å². The third-order valence-corrected chi connectivity index (χ3v) is 8.77. The molecule has 3 atom stereocenters. The quantitative estimate of drug-likeness (QED) is 0.462. The van der Waals surface area contributed by atoms with Crippen molar-refractivity contribution in [3.05, 3.63) is 59.2 Å². The normalized spacial score (nSPS) is 23.0. The molecule has 0 radical (unpaired) electrons. The fourth-order valence-corrected chi connectivity index (χ4v) is 6.60. The zero-order chi connectivity index (χ0) is 29.5. The van der Waals surface area contributed by atoms with Crippen molar-refractivity contribution in [2.45, 2.75) is 83.9 Å². The molecule has 1 aliphatic carbocycles. The molecule has 2 N–H and O–H groups in total. The number of hydrogen-bond donors (Lipinski definition) is 2. The molecule has 2 aromatic rings. The van der Waals surface area contributed by atoms with Crippen molar-refractivity contribution in [2.24, 2.45) is 11.8 Å². The van der Waals surface area contributed by atoms with Gasteiger partial charge in [-0.2, -0.15) is 0 Å². The molecular formula is C33H44N4O4. The summed E-state index contributed by atoms with van der Waals surface area (Å²) in [6, 6.07) is 14.3. The van der Waals surface area contributed by atoms with E-state index < -0.39 is 5.60 Å². The highest BCUT2D eigenvalue weighted by Crippen LogP contribution is 2.50. The maximum absolute atomic E-state index is 13.0. The molecule has 2 aromatic carbocycles. The molecule has 8 nitrogen and oxygen atoms in total. The predicted octanol–water partition coefficient (Wildman–Crippen LogP) is 6.10. The second-order valence-corrected chi connectivity index (χ2v) is 12.9. The number of benzene rings is 2. The number of piperidine rings is 1. The number of ether oxygens (including phenoxy) is 1. The lowest BCUT2D eigenvalue weighted by Gasteiger charge is -2.46. The van der Waals surface area contributed by atoms with Crippen molar-refractivity contribution in [2.75, 3.05) is 30.4 Å². The van der Waals surface area contributed by atoms with E-state index in [1.165, 1.54) is 5.56 Å². The third kappa shape index (κ3) is 6.21. The van der Waals surface area contributed by atoms with Crippen LogP contribution in [0.15, 0.2) is 42.5 Å². The van der Waals surface area contributed by atoms with Crippen LogP contribution in [0.2, 0.25) is 0 Å². The van der Waals surface area contributed by atoms with Gasteiger partial charge in [-0.05, 0) is 99.7 Å². The lowest BCUT2D eigenvalue weighted by atomic mass is 9.78. The lowest BCUT2D eigenvalue weighted by Crippen LogP contribution is -2.51. The van der Waals surface area contributed by atoms with Crippen molar-refractivity contribution >= 4 is 29.3 Å². The molecule has 8 heteroatoms. The maximum Gasteiger partial charge on any atom is 0.410 e. The number of anilines is 2. The van der Waals surface area contributed by atoms with Crippen LogP contribution in [-0.2, 0) is 9.53 Å². The van der Waals surface area contributed by atoms with Gasteiger partial charge >= 0.3 is 6.09 Å². The number of hydrogen-bond acceptors (Lipinski definition) is 5. The molecule has 1 unspecified atom stereocenters. The molecule has 1 saturated heterocycles. The number of carbonyl (C=O) groups is 3. The summed E-state index contributed by atoms with van der Waals surface area (Å²) < 4.78 is 5.59. The van der Waals surface area contributed by atoms with E-state index in [-0.39, 0.29) is 35.9 Å². The zero-order valence-corrected chi connectivity index (χ0v) is 25.2. The van der Waals surface area contributed by atoms with Crippen LogP contribution in [-0.4, -0.2) is 54.6 Å². The van der Waals surface area contributed by atoms with E-state index in [0.717, 1.165) is 42.6 Å². The van der Waals surface area contributed by atoms with E-state index in [4.69, 9.17) is 4.74 Å². The lowest BCUT2D eigenvalue weighted by molar-refractivity contribution is -0.117. The van der Waals surface area contributed by atoms with E-state index in [0.29, 0.717) is 30.5 Å². The van der Waals surface area contributed by atoms with Gasteiger partial charge in [-0.15, -0.1) is 0 Å². The Balaban J connectivity index is 1.43. The molecule has 0 bridgehead atoms. The first-order valence-electron chi connectivity index (χ1n) is 15.0. The first kappa shape index (κ1) is 29.0. The topological polar surface area (TPSA) is 91.0 Å². The average molecular weight is 561 g/mol. The van der Waals surface area contributed by atoms with E-state index >= 15 is 0 Å². The molecule has 0 spiro atoms. The highest BCUT2D eigenvalue weighted by atomic mass is 16.6. The van der Waals surface area contributed by atoms with Crippen molar-refractivity contribution in [3.8, 4) is 0 Å². The Morgan fingerprint density at radius 3 is 2.17 bits per heavy atom. The first-order valence-corrected chi connectivity index (χ1v) is 15.0. The Hall–Kier alpha value is -3.55.